The van der Waals surface area contributed by atoms with E-state index in [4.69, 9.17) is 4.74 Å². The summed E-state index contributed by atoms with van der Waals surface area (Å²) in [5, 5.41) is 7.18. The lowest BCUT2D eigenvalue weighted by molar-refractivity contribution is 0.304. The fraction of sp³-hybridized carbons (Fsp3) is 0.550. The minimum Gasteiger partial charge on any atom is -0.490 e. The molecule has 2 aromatic rings. The van der Waals surface area contributed by atoms with Gasteiger partial charge in [-0.25, -0.2) is 17.1 Å². The van der Waals surface area contributed by atoms with E-state index in [0.29, 0.717) is 26.1 Å². The monoisotopic (exact) mass is 407 g/mol. The van der Waals surface area contributed by atoms with Gasteiger partial charge in [0.25, 0.3) is 0 Å². The molecule has 0 amide bonds. The van der Waals surface area contributed by atoms with Crippen molar-refractivity contribution in [2.45, 2.75) is 49.7 Å². The minimum absolute atomic E-state index is 0.119. The quantitative estimate of drug-likeness (QED) is 0.765. The molecule has 2 aliphatic rings. The maximum absolute atomic E-state index is 13.6. The molecule has 0 spiro atoms. The predicted octanol–water partition coefficient (Wildman–Crippen LogP) is 3.23. The van der Waals surface area contributed by atoms with E-state index in [-0.39, 0.29) is 22.7 Å². The largest absolute Gasteiger partial charge is 0.490 e. The molecule has 1 atom stereocenters. The van der Waals surface area contributed by atoms with Gasteiger partial charge in [0, 0.05) is 31.1 Å². The molecular formula is C20H26FN3O3S. The molecule has 28 heavy (non-hydrogen) atoms. The van der Waals surface area contributed by atoms with Gasteiger partial charge in [-0.1, -0.05) is 25.0 Å². The molecule has 6 nitrogen and oxygen atoms in total. The third kappa shape index (κ3) is 4.07. The summed E-state index contributed by atoms with van der Waals surface area (Å²) in [5.41, 5.74) is 1.80. The van der Waals surface area contributed by atoms with E-state index in [0.717, 1.165) is 43.5 Å². The van der Waals surface area contributed by atoms with Crippen molar-refractivity contribution in [3.63, 3.8) is 0 Å². The number of sulfonamides is 1. The summed E-state index contributed by atoms with van der Waals surface area (Å²) in [5.74, 6) is -0.0122. The highest BCUT2D eigenvalue weighted by Gasteiger charge is 2.39. The van der Waals surface area contributed by atoms with Crippen molar-refractivity contribution >= 4 is 10.0 Å². The van der Waals surface area contributed by atoms with Crippen LogP contribution in [0.5, 0.6) is 5.75 Å². The van der Waals surface area contributed by atoms with Gasteiger partial charge in [0.15, 0.2) is 11.6 Å². The molecule has 1 unspecified atom stereocenters. The molecule has 1 aliphatic carbocycles. The third-order valence-corrected chi connectivity index (χ3v) is 8.13. The van der Waals surface area contributed by atoms with Crippen LogP contribution in [0.3, 0.4) is 0 Å². The number of nitrogens with one attached hydrogen (secondary N) is 1. The Labute approximate surface area is 165 Å². The summed E-state index contributed by atoms with van der Waals surface area (Å²) in [7, 11) is -3.18. The van der Waals surface area contributed by atoms with Gasteiger partial charge in [0.2, 0.25) is 10.0 Å². The van der Waals surface area contributed by atoms with Gasteiger partial charge >= 0.3 is 0 Å². The van der Waals surface area contributed by atoms with Gasteiger partial charge in [-0.2, -0.15) is 5.10 Å². The number of rotatable bonds is 7. The second-order valence-electron chi connectivity index (χ2n) is 7.64. The average Bonchev–Trinajstić information content (AvgIpc) is 3.44. The minimum atomic E-state index is -3.18. The Morgan fingerprint density at radius 2 is 2.00 bits per heavy atom. The lowest BCUT2D eigenvalue weighted by atomic mass is 10.0. The summed E-state index contributed by atoms with van der Waals surface area (Å²) in [6.07, 6.45) is 4.98. The van der Waals surface area contributed by atoms with Gasteiger partial charge in [-0.05, 0) is 37.5 Å². The van der Waals surface area contributed by atoms with Crippen molar-refractivity contribution in [3.8, 4) is 5.75 Å². The molecule has 0 radical (unpaired) electrons. The Bertz CT molecular complexity index is 909. The summed E-state index contributed by atoms with van der Waals surface area (Å²) in [6, 6.07) is 8.31. The number of aromatic amines is 1. The van der Waals surface area contributed by atoms with Crippen molar-refractivity contribution < 1.29 is 17.5 Å². The van der Waals surface area contributed by atoms with Crippen LogP contribution < -0.4 is 4.74 Å². The van der Waals surface area contributed by atoms with Crippen molar-refractivity contribution in [1.82, 2.24) is 14.5 Å². The average molecular weight is 408 g/mol. The highest BCUT2D eigenvalue weighted by atomic mass is 32.2. The Morgan fingerprint density at radius 3 is 2.79 bits per heavy atom. The van der Waals surface area contributed by atoms with Crippen LogP contribution in [0.15, 0.2) is 30.3 Å². The third-order valence-electron chi connectivity index (χ3n) is 5.77. The van der Waals surface area contributed by atoms with Crippen molar-refractivity contribution in [1.29, 1.82) is 0 Å². The van der Waals surface area contributed by atoms with E-state index < -0.39 is 10.0 Å². The van der Waals surface area contributed by atoms with E-state index in [1.54, 1.807) is 22.5 Å². The first kappa shape index (κ1) is 19.4. The molecule has 2 fully saturated rings. The second kappa shape index (κ2) is 8.21. The van der Waals surface area contributed by atoms with Crippen LogP contribution in [-0.4, -0.2) is 47.9 Å². The summed E-state index contributed by atoms with van der Waals surface area (Å²) in [4.78, 5) is 0. The first-order chi connectivity index (χ1) is 13.5. The van der Waals surface area contributed by atoms with Gasteiger partial charge in [0.1, 0.15) is 0 Å². The number of hydrogen-bond donors (Lipinski definition) is 1. The number of H-pyrrole nitrogens is 1. The zero-order chi connectivity index (χ0) is 19.6. The smallest absolute Gasteiger partial charge is 0.217 e. The Balaban J connectivity index is 1.31. The molecule has 152 valence electrons. The number of benzene rings is 1. The molecule has 8 heteroatoms. The van der Waals surface area contributed by atoms with E-state index in [9.17, 15) is 12.8 Å². The van der Waals surface area contributed by atoms with E-state index in [2.05, 4.69) is 10.2 Å². The number of hydrogen-bond acceptors (Lipinski definition) is 4. The zero-order valence-electron chi connectivity index (χ0n) is 15.8. The topological polar surface area (TPSA) is 75.3 Å². The maximum Gasteiger partial charge on any atom is 0.217 e. The molecule has 1 aliphatic heterocycles. The fourth-order valence-electron chi connectivity index (χ4n) is 4.15. The summed E-state index contributed by atoms with van der Waals surface area (Å²) in [6.45, 7) is 1.42. The van der Waals surface area contributed by atoms with Crippen LogP contribution in [0.1, 0.15) is 49.4 Å². The van der Waals surface area contributed by atoms with Crippen LogP contribution in [0.2, 0.25) is 0 Å². The van der Waals surface area contributed by atoms with Gasteiger partial charge in [0.05, 0.1) is 17.6 Å². The highest BCUT2D eigenvalue weighted by Crippen LogP contribution is 2.33. The molecule has 4 rings (SSSR count). The molecule has 0 bridgehead atoms. The molecule has 2 heterocycles. The number of aromatic nitrogens is 2. The van der Waals surface area contributed by atoms with Gasteiger partial charge in [-0.3, -0.25) is 5.10 Å². The van der Waals surface area contributed by atoms with Crippen LogP contribution in [0.25, 0.3) is 0 Å². The standard InChI is InChI=1S/C20H26FN3O3S/c21-18-7-3-4-8-20(18)27-12-10-16-13-19(23-22-16)15-9-11-24(14-15)28(25,26)17-5-1-2-6-17/h3-4,7-8,13,15,17H,1-2,5-6,9-12,14H2,(H,22,23). The molecule has 1 saturated heterocycles. The molecule has 1 aromatic carbocycles. The van der Waals surface area contributed by atoms with Crippen LogP contribution >= 0.6 is 0 Å². The van der Waals surface area contributed by atoms with E-state index in [1.807, 2.05) is 6.07 Å². The molecule has 1 saturated carbocycles. The van der Waals surface area contributed by atoms with Gasteiger partial charge in [-0.15, -0.1) is 0 Å². The second-order valence-corrected chi connectivity index (χ2v) is 9.85. The lowest BCUT2D eigenvalue weighted by Gasteiger charge is -2.20. The van der Waals surface area contributed by atoms with E-state index in [1.165, 1.54) is 6.07 Å². The first-order valence-electron chi connectivity index (χ1n) is 9.94. The number of halogens is 1. The molecule has 1 N–H and O–H groups in total. The highest BCUT2D eigenvalue weighted by molar-refractivity contribution is 7.89. The van der Waals surface area contributed by atoms with Crippen LogP contribution in [0, 0.1) is 5.82 Å². The fourth-order valence-corrected chi connectivity index (χ4v) is 6.25. The molecular weight excluding hydrogens is 381 g/mol. The first-order valence-corrected chi connectivity index (χ1v) is 11.4. The summed E-state index contributed by atoms with van der Waals surface area (Å²) >= 11 is 0. The number of para-hydroxylation sites is 1. The summed E-state index contributed by atoms with van der Waals surface area (Å²) < 4.78 is 46.3. The van der Waals surface area contributed by atoms with Crippen molar-refractivity contribution in [3.05, 3.63) is 47.5 Å². The Morgan fingerprint density at radius 1 is 1.21 bits per heavy atom. The Kier molecular flexibility index (Phi) is 5.68. The number of ether oxygens (including phenoxy) is 1. The SMILES string of the molecule is O=S(=O)(C1CCCC1)N1CCC(c2cc(CCOc3ccccc3F)[nH]n2)C1. The van der Waals surface area contributed by atoms with E-state index >= 15 is 0 Å². The van der Waals surface area contributed by atoms with Gasteiger partial charge < -0.3 is 4.74 Å². The zero-order valence-corrected chi connectivity index (χ0v) is 16.6. The molecule has 1 aromatic heterocycles. The van der Waals surface area contributed by atoms with Crippen LogP contribution in [0.4, 0.5) is 4.39 Å². The lowest BCUT2D eigenvalue weighted by Crippen LogP contribution is -2.35. The predicted molar refractivity (Wildman–Crippen MR) is 104 cm³/mol. The normalized spacial score (nSPS) is 21.4. The maximum atomic E-state index is 13.6. The van der Waals surface area contributed by atoms with Crippen molar-refractivity contribution in [2.24, 2.45) is 0 Å². The van der Waals surface area contributed by atoms with Crippen molar-refractivity contribution in [2.75, 3.05) is 19.7 Å². The van der Waals surface area contributed by atoms with Crippen LogP contribution in [-0.2, 0) is 16.4 Å². The number of nitrogens with zero attached hydrogens (tertiary/aromatic N) is 2. The Hall–Kier alpha value is -1.93.